The van der Waals surface area contributed by atoms with Crippen LogP contribution in [0.4, 0.5) is 0 Å². The smallest absolute Gasteiger partial charge is 0.153 e. The van der Waals surface area contributed by atoms with Crippen molar-refractivity contribution >= 4 is 27.3 Å². The first-order chi connectivity index (χ1) is 0. The van der Waals surface area contributed by atoms with Crippen LogP contribution in [0.2, 0.25) is 0 Å². The molecule has 0 fully saturated rings. The van der Waals surface area contributed by atoms with E-state index in [1.165, 1.54) is 0 Å². The average Bonchev–Trinajstić information content (AvgIpc) is 0. The zero-order chi connectivity index (χ0) is 0. The second-order valence-electron chi connectivity index (χ2n) is 0. The summed E-state index contributed by atoms with van der Waals surface area (Å²) in [5.41, 5.74) is 0. The molecule has 4 heavy (non-hydrogen) atoms. The Balaban J connectivity index is 0. The minimum Gasteiger partial charge on any atom is -0.153 e. The molecular weight excluding hydrogens is 219 g/mol. The van der Waals surface area contributed by atoms with Crippen molar-refractivity contribution in [1.82, 2.24) is 0 Å². The van der Waals surface area contributed by atoms with Crippen LogP contribution in [0.25, 0.3) is 0 Å². The van der Waals surface area contributed by atoms with E-state index in [0.717, 1.165) is 0 Å². The molecule has 0 nitrogen and oxygen atoms in total. The molecule has 22 valence electrons. The van der Waals surface area contributed by atoms with Crippen LogP contribution in [0.5, 0.6) is 0 Å². The second-order valence-corrected chi connectivity index (χ2v) is 0. The monoisotopic (exact) mass is 226 g/mol. The Morgan fingerprint density at radius 2 is 1.00 bits per heavy atom. The Morgan fingerprint density at radius 1 is 1.00 bits per heavy atom. The average molecular weight is 225 g/mol. The van der Waals surface area contributed by atoms with Crippen molar-refractivity contribution in [2.24, 2.45) is 0 Å². The third kappa shape index (κ3) is 8.86. The van der Waals surface area contributed by atoms with Crippen molar-refractivity contribution < 1.29 is 40.5 Å². The summed E-state index contributed by atoms with van der Waals surface area (Å²) in [6.45, 7) is 0. The summed E-state index contributed by atoms with van der Waals surface area (Å²) in [6, 6.07) is 0. The Kier molecular flexibility index (Phi) is 157. The standard InChI is InChI=1S/Al.Mo.H3P.Zn.3H/h;;1H3;;;;. The second kappa shape index (κ2) is 18.6. The SMILES string of the molecule is P.[AlH3].[Mo].[Zn]. The largest absolute Gasteiger partial charge is 0.187 e. The topological polar surface area (TPSA) is 0 Å². The summed E-state index contributed by atoms with van der Waals surface area (Å²) >= 11 is 0. The van der Waals surface area contributed by atoms with E-state index in [1.807, 2.05) is 0 Å². The fraction of sp³-hybridized carbons (Fsp3) is 0. The van der Waals surface area contributed by atoms with Gasteiger partial charge in [-0.2, -0.15) is 9.90 Å². The van der Waals surface area contributed by atoms with Gasteiger partial charge in [-0.15, -0.1) is 0 Å². The van der Waals surface area contributed by atoms with Gasteiger partial charge in [0.05, 0.1) is 0 Å². The van der Waals surface area contributed by atoms with Crippen LogP contribution in [-0.2, 0) is 40.5 Å². The third-order valence-corrected chi connectivity index (χ3v) is 0. The Hall–Kier alpha value is 2.27. The number of hydrogen-bond donors (Lipinski definition) is 0. The Labute approximate surface area is 67.3 Å². The molecule has 0 N–H and O–H groups in total. The van der Waals surface area contributed by atoms with Crippen LogP contribution in [0.15, 0.2) is 0 Å². The van der Waals surface area contributed by atoms with Crippen LogP contribution in [0.3, 0.4) is 0 Å². The summed E-state index contributed by atoms with van der Waals surface area (Å²) < 4.78 is 0. The molecule has 0 aromatic rings. The van der Waals surface area contributed by atoms with Crippen molar-refractivity contribution in [1.29, 1.82) is 0 Å². The third-order valence-electron chi connectivity index (χ3n) is 0. The molecule has 0 aliphatic heterocycles. The van der Waals surface area contributed by atoms with Crippen molar-refractivity contribution in [2.45, 2.75) is 0 Å². The van der Waals surface area contributed by atoms with E-state index >= 15 is 0 Å². The van der Waals surface area contributed by atoms with E-state index in [2.05, 4.69) is 0 Å². The van der Waals surface area contributed by atoms with Crippen LogP contribution in [-0.4, -0.2) is 17.4 Å². The Bertz CT molecular complexity index is 8.00. The van der Waals surface area contributed by atoms with Crippen LogP contribution >= 0.6 is 9.90 Å². The molecule has 0 saturated carbocycles. The van der Waals surface area contributed by atoms with E-state index < -0.39 is 0 Å². The van der Waals surface area contributed by atoms with Crippen LogP contribution < -0.4 is 0 Å². The zero-order valence-corrected chi connectivity index (χ0v) is 8.21. The summed E-state index contributed by atoms with van der Waals surface area (Å²) in [7, 11) is 0. The van der Waals surface area contributed by atoms with Crippen molar-refractivity contribution in [2.75, 3.05) is 0 Å². The van der Waals surface area contributed by atoms with Crippen molar-refractivity contribution in [3.8, 4) is 0 Å². The van der Waals surface area contributed by atoms with Gasteiger partial charge in [0.15, 0.2) is 17.4 Å². The molecule has 0 aromatic heterocycles. The van der Waals surface area contributed by atoms with Crippen molar-refractivity contribution in [3.63, 3.8) is 0 Å². The van der Waals surface area contributed by atoms with Gasteiger partial charge in [0.25, 0.3) is 0 Å². The van der Waals surface area contributed by atoms with Gasteiger partial charge < -0.3 is 0 Å². The van der Waals surface area contributed by atoms with Crippen molar-refractivity contribution in [3.05, 3.63) is 0 Å². The summed E-state index contributed by atoms with van der Waals surface area (Å²) in [5, 5.41) is 0. The summed E-state index contributed by atoms with van der Waals surface area (Å²) in [6.07, 6.45) is 0. The van der Waals surface area contributed by atoms with Gasteiger partial charge >= 0.3 is 0 Å². The number of hydrogen-bond acceptors (Lipinski definition) is 0. The maximum Gasteiger partial charge on any atom is 0.187 e. The summed E-state index contributed by atoms with van der Waals surface area (Å²) in [4.78, 5) is 0. The Morgan fingerprint density at radius 3 is 1.00 bits per heavy atom. The molecule has 4 heteroatoms. The van der Waals surface area contributed by atoms with E-state index in [9.17, 15) is 0 Å². The van der Waals surface area contributed by atoms with Gasteiger partial charge in [-0.1, -0.05) is 0 Å². The fourth-order valence-corrected chi connectivity index (χ4v) is 0. The van der Waals surface area contributed by atoms with Gasteiger partial charge in [-0.25, -0.2) is 0 Å². The maximum atomic E-state index is 0. The van der Waals surface area contributed by atoms with E-state index in [-0.39, 0.29) is 67.8 Å². The maximum absolute atomic E-state index is 0. The molecule has 0 radical (unpaired) electrons. The molecular formula is H6AlMoPZn. The molecule has 0 amide bonds. The van der Waals surface area contributed by atoms with E-state index in [4.69, 9.17) is 0 Å². The van der Waals surface area contributed by atoms with E-state index in [0.29, 0.717) is 0 Å². The molecule has 0 heterocycles. The van der Waals surface area contributed by atoms with E-state index in [1.54, 1.807) is 0 Å². The van der Waals surface area contributed by atoms with Gasteiger partial charge in [-0.05, 0) is 0 Å². The van der Waals surface area contributed by atoms with Crippen LogP contribution in [0, 0.1) is 0 Å². The predicted molar refractivity (Wildman–Crippen MR) is 21.0 cm³/mol. The molecule has 0 saturated heterocycles. The first-order valence-electron chi connectivity index (χ1n) is 0. The predicted octanol–water partition coefficient (Wildman–Crippen LogP) is -1.13. The molecule has 0 spiro atoms. The molecule has 0 rings (SSSR count). The first kappa shape index (κ1) is 33.7. The molecule has 0 aliphatic rings. The molecule has 1 unspecified atom stereocenters. The minimum absolute atomic E-state index is 0. The zero-order valence-electron chi connectivity index (χ0n) is 1.82. The fourth-order valence-electron chi connectivity index (χ4n) is 0. The molecule has 0 aliphatic carbocycles. The van der Waals surface area contributed by atoms with Gasteiger partial charge in [0.2, 0.25) is 0 Å². The van der Waals surface area contributed by atoms with Gasteiger partial charge in [0.1, 0.15) is 0 Å². The van der Waals surface area contributed by atoms with Crippen LogP contribution in [0.1, 0.15) is 0 Å². The van der Waals surface area contributed by atoms with Gasteiger partial charge in [-0.3, -0.25) is 0 Å². The summed E-state index contributed by atoms with van der Waals surface area (Å²) in [5.74, 6) is 0. The quantitative estimate of drug-likeness (QED) is 0.361. The normalized spacial score (nSPS) is 0. The first-order valence-corrected chi connectivity index (χ1v) is 0. The minimum atomic E-state index is 0. The van der Waals surface area contributed by atoms with Gasteiger partial charge in [0, 0.05) is 40.5 Å². The molecule has 0 bridgehead atoms. The molecule has 1 atom stereocenters. The molecule has 0 aromatic carbocycles. The number of rotatable bonds is 0.